The van der Waals surface area contributed by atoms with E-state index in [9.17, 15) is 4.39 Å². The summed E-state index contributed by atoms with van der Waals surface area (Å²) < 4.78 is 13.3. The number of rotatable bonds is 1. The molecule has 3 heteroatoms. The Morgan fingerprint density at radius 2 is 1.92 bits per heavy atom. The number of thioether (sulfide) groups is 1. The summed E-state index contributed by atoms with van der Waals surface area (Å²) >= 11 is 7.14. The lowest BCUT2D eigenvalue weighted by atomic mass is 10.3. The van der Waals surface area contributed by atoms with E-state index in [0.29, 0.717) is 9.92 Å². The maximum Gasteiger partial charge on any atom is 0.138 e. The highest BCUT2D eigenvalue weighted by atomic mass is 35.5. The second kappa shape index (κ2) is 3.89. The van der Waals surface area contributed by atoms with Crippen LogP contribution in [-0.2, 0) is 0 Å². The van der Waals surface area contributed by atoms with Crippen LogP contribution in [0.1, 0.15) is 20.8 Å². The normalized spacial score (nSPS) is 11.8. The largest absolute Gasteiger partial charge is 0.206 e. The van der Waals surface area contributed by atoms with Gasteiger partial charge in [-0.2, -0.15) is 0 Å². The van der Waals surface area contributed by atoms with E-state index in [0.717, 1.165) is 0 Å². The van der Waals surface area contributed by atoms with Crippen molar-refractivity contribution in [1.82, 2.24) is 0 Å². The lowest BCUT2D eigenvalue weighted by Gasteiger charge is -2.17. The zero-order valence-electron chi connectivity index (χ0n) is 7.90. The van der Waals surface area contributed by atoms with Gasteiger partial charge in [0.25, 0.3) is 0 Å². The molecule has 0 saturated heterocycles. The molecule has 0 atom stereocenters. The minimum absolute atomic E-state index is 0.0225. The Morgan fingerprint density at radius 1 is 1.31 bits per heavy atom. The summed E-state index contributed by atoms with van der Waals surface area (Å²) in [7, 11) is 0. The Bertz CT molecular complexity index is 304. The third-order valence-corrected chi connectivity index (χ3v) is 2.71. The van der Waals surface area contributed by atoms with E-state index in [1.165, 1.54) is 17.8 Å². The third-order valence-electron chi connectivity index (χ3n) is 1.31. The maximum absolute atomic E-state index is 13.3. The van der Waals surface area contributed by atoms with Crippen molar-refractivity contribution in [3.8, 4) is 0 Å². The molecular formula is C10H12ClFS. The number of halogens is 2. The fourth-order valence-corrected chi connectivity index (χ4v) is 2.00. The molecular weight excluding hydrogens is 207 g/mol. The number of hydrogen-bond acceptors (Lipinski definition) is 1. The highest BCUT2D eigenvalue weighted by molar-refractivity contribution is 8.00. The van der Waals surface area contributed by atoms with Crippen LogP contribution in [0.25, 0.3) is 0 Å². The molecule has 0 fully saturated rings. The Labute approximate surface area is 87.5 Å². The van der Waals surface area contributed by atoms with Crippen molar-refractivity contribution in [1.29, 1.82) is 0 Å². The Morgan fingerprint density at radius 3 is 2.38 bits per heavy atom. The molecule has 0 N–H and O–H groups in total. The molecule has 1 aromatic rings. The van der Waals surface area contributed by atoms with Gasteiger partial charge in [-0.25, -0.2) is 4.39 Å². The summed E-state index contributed by atoms with van der Waals surface area (Å²) in [5, 5.41) is 0.441. The van der Waals surface area contributed by atoms with Crippen LogP contribution in [0.15, 0.2) is 23.1 Å². The van der Waals surface area contributed by atoms with Crippen LogP contribution in [0.5, 0.6) is 0 Å². The summed E-state index contributed by atoms with van der Waals surface area (Å²) in [6.07, 6.45) is 0. The molecule has 0 aliphatic carbocycles. The van der Waals surface area contributed by atoms with Gasteiger partial charge in [-0.05, 0) is 18.2 Å². The van der Waals surface area contributed by atoms with E-state index in [1.54, 1.807) is 12.1 Å². The molecule has 0 spiro atoms. The predicted molar refractivity (Wildman–Crippen MR) is 57.0 cm³/mol. The number of hydrogen-bond donors (Lipinski definition) is 0. The highest BCUT2D eigenvalue weighted by Crippen LogP contribution is 2.34. The second-order valence-corrected chi connectivity index (χ2v) is 6.09. The maximum atomic E-state index is 13.3. The van der Waals surface area contributed by atoms with Gasteiger partial charge in [-0.15, -0.1) is 11.8 Å². The summed E-state index contributed by atoms with van der Waals surface area (Å²) in [6.45, 7) is 6.14. The van der Waals surface area contributed by atoms with Gasteiger partial charge in [0.2, 0.25) is 0 Å². The molecule has 1 aromatic carbocycles. The first kappa shape index (κ1) is 10.9. The van der Waals surface area contributed by atoms with Gasteiger partial charge in [0.1, 0.15) is 5.82 Å². The van der Waals surface area contributed by atoms with E-state index < -0.39 is 0 Å². The van der Waals surface area contributed by atoms with E-state index in [1.807, 2.05) is 20.8 Å². The van der Waals surface area contributed by atoms with Crippen molar-refractivity contribution in [2.75, 3.05) is 0 Å². The van der Waals surface area contributed by atoms with Crippen molar-refractivity contribution in [3.05, 3.63) is 29.0 Å². The van der Waals surface area contributed by atoms with Crippen molar-refractivity contribution < 1.29 is 4.39 Å². The average molecular weight is 219 g/mol. The van der Waals surface area contributed by atoms with Crippen LogP contribution >= 0.6 is 23.4 Å². The van der Waals surface area contributed by atoms with Gasteiger partial charge in [0.05, 0.1) is 0 Å². The van der Waals surface area contributed by atoms with Crippen LogP contribution in [0, 0.1) is 5.82 Å². The molecule has 0 radical (unpaired) electrons. The standard InChI is InChI=1S/C10H12ClFS/c1-10(2,3)13-9-5-4-7(11)6-8(9)12/h4-6H,1-3H3. The van der Waals surface area contributed by atoms with Crippen LogP contribution in [-0.4, -0.2) is 4.75 Å². The van der Waals surface area contributed by atoms with Gasteiger partial charge >= 0.3 is 0 Å². The quantitative estimate of drug-likeness (QED) is 0.631. The molecule has 13 heavy (non-hydrogen) atoms. The zero-order valence-corrected chi connectivity index (χ0v) is 9.47. The van der Waals surface area contributed by atoms with Gasteiger partial charge in [-0.3, -0.25) is 0 Å². The van der Waals surface area contributed by atoms with Crippen LogP contribution < -0.4 is 0 Å². The molecule has 0 saturated carbocycles. The minimum Gasteiger partial charge on any atom is -0.206 e. The molecule has 0 aliphatic heterocycles. The number of benzene rings is 1. The van der Waals surface area contributed by atoms with Crippen LogP contribution in [0.4, 0.5) is 4.39 Å². The summed E-state index contributed by atoms with van der Waals surface area (Å²) in [5.74, 6) is -0.243. The first-order valence-electron chi connectivity index (χ1n) is 4.02. The van der Waals surface area contributed by atoms with E-state index in [2.05, 4.69) is 0 Å². The lowest BCUT2D eigenvalue weighted by molar-refractivity contribution is 0.600. The fraction of sp³-hybridized carbons (Fsp3) is 0.400. The molecule has 72 valence electrons. The molecule has 0 bridgehead atoms. The summed E-state index contributed by atoms with van der Waals surface area (Å²) in [5.41, 5.74) is 0. The van der Waals surface area contributed by atoms with Crippen molar-refractivity contribution in [3.63, 3.8) is 0 Å². The highest BCUT2D eigenvalue weighted by Gasteiger charge is 2.14. The Kier molecular flexibility index (Phi) is 3.25. The Balaban J connectivity index is 2.90. The van der Waals surface area contributed by atoms with Gasteiger partial charge in [0, 0.05) is 14.7 Å². The monoisotopic (exact) mass is 218 g/mol. The molecule has 1 rings (SSSR count). The first-order valence-corrected chi connectivity index (χ1v) is 5.22. The molecule has 0 aromatic heterocycles. The van der Waals surface area contributed by atoms with Gasteiger partial charge in [-0.1, -0.05) is 32.4 Å². The van der Waals surface area contributed by atoms with E-state index >= 15 is 0 Å². The van der Waals surface area contributed by atoms with Crippen molar-refractivity contribution in [2.45, 2.75) is 30.4 Å². The molecule has 0 amide bonds. The van der Waals surface area contributed by atoms with E-state index in [-0.39, 0.29) is 10.6 Å². The fourth-order valence-electron chi connectivity index (χ4n) is 0.888. The van der Waals surface area contributed by atoms with Gasteiger partial charge in [0.15, 0.2) is 0 Å². The molecule has 0 unspecified atom stereocenters. The molecule has 0 nitrogen and oxygen atoms in total. The zero-order chi connectivity index (χ0) is 10.1. The van der Waals surface area contributed by atoms with Crippen LogP contribution in [0.3, 0.4) is 0 Å². The predicted octanol–water partition coefficient (Wildman–Crippen LogP) is 4.37. The minimum atomic E-state index is -0.243. The van der Waals surface area contributed by atoms with Crippen molar-refractivity contribution >= 4 is 23.4 Å². The molecule has 0 aliphatic rings. The van der Waals surface area contributed by atoms with Gasteiger partial charge < -0.3 is 0 Å². The SMILES string of the molecule is CC(C)(C)Sc1ccc(Cl)cc1F. The van der Waals surface area contributed by atoms with Crippen LogP contribution in [0.2, 0.25) is 5.02 Å². The lowest BCUT2D eigenvalue weighted by Crippen LogP contribution is -2.07. The summed E-state index contributed by atoms with van der Waals surface area (Å²) in [6, 6.07) is 4.77. The second-order valence-electron chi connectivity index (χ2n) is 3.79. The topological polar surface area (TPSA) is 0 Å². The van der Waals surface area contributed by atoms with Crippen molar-refractivity contribution in [2.24, 2.45) is 0 Å². The average Bonchev–Trinajstić information content (AvgIpc) is 1.93. The first-order chi connectivity index (χ1) is 5.88. The van der Waals surface area contributed by atoms with E-state index in [4.69, 9.17) is 11.6 Å². The summed E-state index contributed by atoms with van der Waals surface area (Å²) in [4.78, 5) is 0.650. The molecule has 0 heterocycles. The Hall–Kier alpha value is -0.210. The third kappa shape index (κ3) is 3.57. The smallest absolute Gasteiger partial charge is 0.138 e.